The molecular weight excluding hydrogens is 450 g/mol. The standard InChI is InChI=1S/C28H35NO4.C3H8/c1-2-19(16-29-27(31)23-13-7-10-20-15-24(20)25(23)28(29)32)26(30)21-11-6-12-22(14-21)33-17-18-8-4-3-5-9-18;1-3-2/h6-7,11-14,18-20,24,26,30H,2-5,8-10,15-17H2,1H3;3H2,1-2H3/t19-,20?,24?,26-;/m0./s1. The van der Waals surface area contributed by atoms with Crippen LogP contribution in [-0.4, -0.2) is 35.0 Å². The van der Waals surface area contributed by atoms with Crippen LogP contribution in [0.3, 0.4) is 0 Å². The van der Waals surface area contributed by atoms with Crippen molar-refractivity contribution in [3.05, 3.63) is 53.1 Å². The van der Waals surface area contributed by atoms with Gasteiger partial charge in [-0.2, -0.15) is 0 Å². The first kappa shape index (κ1) is 26.7. The molecule has 0 spiro atoms. The zero-order valence-electron chi connectivity index (χ0n) is 22.2. The van der Waals surface area contributed by atoms with Gasteiger partial charge in [0.2, 0.25) is 0 Å². The Morgan fingerprint density at radius 2 is 1.83 bits per heavy atom. The lowest BCUT2D eigenvalue weighted by Gasteiger charge is -2.27. The lowest BCUT2D eigenvalue weighted by molar-refractivity contribution is -0.139. The van der Waals surface area contributed by atoms with Gasteiger partial charge in [-0.3, -0.25) is 14.5 Å². The quantitative estimate of drug-likeness (QED) is 0.427. The molecular formula is C31H43NO4. The Bertz CT molecular complexity index is 990. The van der Waals surface area contributed by atoms with Crippen molar-refractivity contribution in [2.45, 2.75) is 84.7 Å². The minimum absolute atomic E-state index is 0.149. The second-order valence-electron chi connectivity index (χ2n) is 11.0. The van der Waals surface area contributed by atoms with Gasteiger partial charge in [-0.1, -0.05) is 70.7 Å². The van der Waals surface area contributed by atoms with E-state index in [1.54, 1.807) is 0 Å². The minimum Gasteiger partial charge on any atom is -0.493 e. The van der Waals surface area contributed by atoms with Gasteiger partial charge in [-0.25, -0.2) is 0 Å². The molecule has 5 nitrogen and oxygen atoms in total. The molecule has 0 bridgehead atoms. The van der Waals surface area contributed by atoms with Crippen molar-refractivity contribution in [2.24, 2.45) is 23.7 Å². The maximum Gasteiger partial charge on any atom is 0.261 e. The van der Waals surface area contributed by atoms with Crippen LogP contribution in [0, 0.1) is 23.7 Å². The molecule has 4 atom stereocenters. The Morgan fingerprint density at radius 3 is 2.56 bits per heavy atom. The number of imide groups is 1. The highest BCUT2D eigenvalue weighted by Crippen LogP contribution is 2.51. The summed E-state index contributed by atoms with van der Waals surface area (Å²) in [4.78, 5) is 27.6. The number of fused-ring (bicyclic) bond motifs is 2. The minimum atomic E-state index is -0.765. The molecule has 2 saturated carbocycles. The van der Waals surface area contributed by atoms with E-state index >= 15 is 0 Å². The van der Waals surface area contributed by atoms with E-state index in [4.69, 9.17) is 4.74 Å². The van der Waals surface area contributed by atoms with Crippen molar-refractivity contribution in [1.29, 1.82) is 0 Å². The van der Waals surface area contributed by atoms with Gasteiger partial charge >= 0.3 is 0 Å². The number of amides is 2. The van der Waals surface area contributed by atoms with E-state index in [1.807, 2.05) is 43.3 Å². The molecule has 1 aliphatic heterocycles. The van der Waals surface area contributed by atoms with Crippen LogP contribution in [-0.2, 0) is 9.59 Å². The molecule has 36 heavy (non-hydrogen) atoms. The summed E-state index contributed by atoms with van der Waals surface area (Å²) in [5.74, 6) is 1.56. The highest BCUT2D eigenvalue weighted by molar-refractivity contribution is 6.21. The van der Waals surface area contributed by atoms with Gasteiger partial charge in [-0.15, -0.1) is 0 Å². The maximum atomic E-state index is 13.2. The number of hydrogen-bond donors (Lipinski definition) is 1. The van der Waals surface area contributed by atoms with E-state index in [2.05, 4.69) is 13.8 Å². The molecule has 3 aliphatic carbocycles. The average molecular weight is 494 g/mol. The van der Waals surface area contributed by atoms with E-state index in [-0.39, 0.29) is 30.2 Å². The first-order valence-corrected chi connectivity index (χ1v) is 14.2. The second-order valence-corrected chi connectivity index (χ2v) is 11.0. The number of carbonyl (C=O) groups is 2. The lowest BCUT2D eigenvalue weighted by atomic mass is 9.90. The van der Waals surface area contributed by atoms with E-state index < -0.39 is 6.10 Å². The van der Waals surface area contributed by atoms with Crippen LogP contribution in [0.4, 0.5) is 0 Å². The maximum absolute atomic E-state index is 13.2. The van der Waals surface area contributed by atoms with Crippen molar-refractivity contribution >= 4 is 11.8 Å². The number of aliphatic hydroxyl groups is 1. The van der Waals surface area contributed by atoms with Gasteiger partial charge in [0.15, 0.2) is 0 Å². The molecule has 1 aromatic carbocycles. The average Bonchev–Trinajstić information content (AvgIpc) is 3.64. The van der Waals surface area contributed by atoms with Crippen LogP contribution in [0.1, 0.15) is 90.2 Å². The third-order valence-corrected chi connectivity index (χ3v) is 8.06. The highest BCUT2D eigenvalue weighted by Gasteiger charge is 2.50. The van der Waals surface area contributed by atoms with Gasteiger partial charge in [0.25, 0.3) is 11.8 Å². The molecule has 0 radical (unpaired) electrons. The Labute approximate surface area is 216 Å². The molecule has 196 valence electrons. The first-order valence-electron chi connectivity index (χ1n) is 14.2. The molecule has 0 aromatic heterocycles. The molecule has 1 aromatic rings. The summed E-state index contributed by atoms with van der Waals surface area (Å²) >= 11 is 0. The number of benzene rings is 1. The van der Waals surface area contributed by atoms with Crippen LogP contribution < -0.4 is 4.74 Å². The molecule has 5 rings (SSSR count). The summed E-state index contributed by atoms with van der Waals surface area (Å²) in [5, 5.41) is 11.2. The smallest absolute Gasteiger partial charge is 0.261 e. The lowest BCUT2D eigenvalue weighted by Crippen LogP contribution is -2.38. The molecule has 5 heteroatoms. The van der Waals surface area contributed by atoms with E-state index in [0.717, 1.165) is 30.8 Å². The molecule has 1 N–H and O–H groups in total. The Morgan fingerprint density at radius 1 is 1.08 bits per heavy atom. The topological polar surface area (TPSA) is 66.8 Å². The predicted octanol–water partition coefficient (Wildman–Crippen LogP) is 6.38. The van der Waals surface area contributed by atoms with Gasteiger partial charge in [0, 0.05) is 23.6 Å². The largest absolute Gasteiger partial charge is 0.493 e. The SMILES string of the molecule is CCC.CC[C@@H](CN1C(=O)C2=C(C1=O)C1CC1CC=C2)[C@H](O)c1cccc(OCC2CCCCC2)c1. The molecule has 2 fully saturated rings. The zero-order chi connectivity index (χ0) is 25.7. The van der Waals surface area contributed by atoms with E-state index in [1.165, 1.54) is 43.4 Å². The molecule has 1 heterocycles. The fourth-order valence-electron chi connectivity index (χ4n) is 5.84. The number of rotatable bonds is 8. The third kappa shape index (κ3) is 5.94. The fourth-order valence-corrected chi connectivity index (χ4v) is 5.84. The summed E-state index contributed by atoms with van der Waals surface area (Å²) in [5.41, 5.74) is 2.06. The van der Waals surface area contributed by atoms with E-state index in [0.29, 0.717) is 29.4 Å². The summed E-state index contributed by atoms with van der Waals surface area (Å²) in [6, 6.07) is 7.66. The predicted molar refractivity (Wildman–Crippen MR) is 142 cm³/mol. The van der Waals surface area contributed by atoms with Crippen LogP contribution in [0.15, 0.2) is 47.6 Å². The molecule has 2 unspecified atom stereocenters. The van der Waals surface area contributed by atoms with Crippen molar-refractivity contribution in [2.75, 3.05) is 13.2 Å². The normalized spacial score (nSPS) is 24.9. The Balaban J connectivity index is 0.000000967. The van der Waals surface area contributed by atoms with Crippen molar-refractivity contribution in [3.63, 3.8) is 0 Å². The van der Waals surface area contributed by atoms with Crippen molar-refractivity contribution in [3.8, 4) is 5.75 Å². The highest BCUT2D eigenvalue weighted by atomic mass is 16.5. The molecule has 2 amide bonds. The van der Waals surface area contributed by atoms with Crippen LogP contribution in [0.5, 0.6) is 5.75 Å². The Hall–Kier alpha value is -2.40. The number of carbonyl (C=O) groups excluding carboxylic acids is 2. The van der Waals surface area contributed by atoms with Crippen LogP contribution in [0.25, 0.3) is 0 Å². The monoisotopic (exact) mass is 493 g/mol. The van der Waals surface area contributed by atoms with Gasteiger partial charge in [-0.05, 0) is 67.6 Å². The number of ether oxygens (including phenoxy) is 1. The van der Waals surface area contributed by atoms with Crippen LogP contribution >= 0.6 is 0 Å². The molecule has 4 aliphatic rings. The van der Waals surface area contributed by atoms with Gasteiger partial charge in [0.1, 0.15) is 5.75 Å². The number of hydrogen-bond acceptors (Lipinski definition) is 4. The number of aliphatic hydroxyl groups excluding tert-OH is 1. The van der Waals surface area contributed by atoms with Gasteiger partial charge < -0.3 is 9.84 Å². The second kappa shape index (κ2) is 12.2. The Kier molecular flexibility index (Phi) is 9.05. The van der Waals surface area contributed by atoms with Crippen molar-refractivity contribution < 1.29 is 19.4 Å². The summed E-state index contributed by atoms with van der Waals surface area (Å²) in [6.07, 6.45) is 13.3. The fraction of sp³-hybridized carbons (Fsp3) is 0.613. The third-order valence-electron chi connectivity index (χ3n) is 8.06. The first-order chi connectivity index (χ1) is 17.5. The summed E-state index contributed by atoms with van der Waals surface area (Å²) in [7, 11) is 0. The number of allylic oxidation sites excluding steroid dienone is 1. The number of nitrogens with zero attached hydrogens (tertiary/aromatic N) is 1. The van der Waals surface area contributed by atoms with Crippen LogP contribution in [0.2, 0.25) is 0 Å². The zero-order valence-corrected chi connectivity index (χ0v) is 22.2. The van der Waals surface area contributed by atoms with Gasteiger partial charge in [0.05, 0.1) is 12.7 Å². The molecule has 0 saturated heterocycles. The summed E-state index contributed by atoms with van der Waals surface area (Å²) < 4.78 is 6.07. The summed E-state index contributed by atoms with van der Waals surface area (Å²) in [6.45, 7) is 7.21. The van der Waals surface area contributed by atoms with E-state index in [9.17, 15) is 14.7 Å². The van der Waals surface area contributed by atoms with Crippen molar-refractivity contribution in [1.82, 2.24) is 4.90 Å².